The maximum Gasteiger partial charge on any atom is 0.331 e. The van der Waals surface area contributed by atoms with Crippen molar-refractivity contribution in [1.29, 1.82) is 0 Å². The minimum atomic E-state index is -0.927. The van der Waals surface area contributed by atoms with Gasteiger partial charge in [-0.1, -0.05) is 24.9 Å². The predicted molar refractivity (Wildman–Crippen MR) is 77.1 cm³/mol. The van der Waals surface area contributed by atoms with E-state index in [0.717, 1.165) is 6.42 Å². The Morgan fingerprint density at radius 3 is 2.65 bits per heavy atom. The van der Waals surface area contributed by atoms with E-state index in [0.29, 0.717) is 12.1 Å². The molecule has 1 atom stereocenters. The van der Waals surface area contributed by atoms with Gasteiger partial charge in [-0.05, 0) is 19.4 Å². The second-order valence-electron chi connectivity index (χ2n) is 4.62. The fourth-order valence-electron chi connectivity index (χ4n) is 1.96. The smallest absolute Gasteiger partial charge is 0.331 e. The molecule has 0 aliphatic carbocycles. The Balaban J connectivity index is 3.06. The molecule has 1 rings (SSSR count). The Kier molecular flexibility index (Phi) is 5.33. The van der Waals surface area contributed by atoms with E-state index in [-0.39, 0.29) is 10.7 Å². The summed E-state index contributed by atoms with van der Waals surface area (Å²) >= 11 is 6.01. The summed E-state index contributed by atoms with van der Waals surface area (Å²) < 4.78 is 4.79. The van der Waals surface area contributed by atoms with Gasteiger partial charge in [-0.25, -0.2) is 4.79 Å². The molecule has 0 aliphatic rings. The number of hydrogen-bond acceptors (Lipinski definition) is 5. The van der Waals surface area contributed by atoms with Crippen LogP contribution in [0.15, 0.2) is 18.2 Å². The predicted octanol–water partition coefficient (Wildman–Crippen LogP) is 3.39. The van der Waals surface area contributed by atoms with E-state index in [1.165, 1.54) is 25.3 Å². The summed E-state index contributed by atoms with van der Waals surface area (Å²) in [5.41, 5.74) is -0.571. The van der Waals surface area contributed by atoms with Gasteiger partial charge in [0.05, 0.1) is 22.7 Å². The quantitative estimate of drug-likeness (QED) is 0.495. The van der Waals surface area contributed by atoms with Gasteiger partial charge in [0.25, 0.3) is 5.69 Å². The van der Waals surface area contributed by atoms with E-state index in [2.05, 4.69) is 5.32 Å². The van der Waals surface area contributed by atoms with Gasteiger partial charge < -0.3 is 10.1 Å². The lowest BCUT2D eigenvalue weighted by Crippen LogP contribution is -2.44. The first kappa shape index (κ1) is 16.2. The molecule has 20 heavy (non-hydrogen) atoms. The lowest BCUT2D eigenvalue weighted by molar-refractivity contribution is -0.384. The average Bonchev–Trinajstić information content (AvgIpc) is 2.40. The number of nitro groups is 1. The number of non-ortho nitro benzene ring substituents is 1. The number of nitrogens with one attached hydrogen (secondary N) is 1. The molecule has 0 fully saturated rings. The Hall–Kier alpha value is -1.82. The van der Waals surface area contributed by atoms with Gasteiger partial charge in [0, 0.05) is 12.1 Å². The van der Waals surface area contributed by atoms with Crippen LogP contribution in [0, 0.1) is 10.1 Å². The molecule has 0 saturated heterocycles. The van der Waals surface area contributed by atoms with Gasteiger partial charge in [0.2, 0.25) is 0 Å². The van der Waals surface area contributed by atoms with Crippen molar-refractivity contribution in [2.24, 2.45) is 0 Å². The number of anilines is 1. The highest BCUT2D eigenvalue weighted by atomic mass is 35.5. The summed E-state index contributed by atoms with van der Waals surface area (Å²) in [5, 5.41) is 13.9. The number of halogens is 1. The summed E-state index contributed by atoms with van der Waals surface area (Å²) in [6.07, 6.45) is 1.32. The van der Waals surface area contributed by atoms with Gasteiger partial charge in [0.1, 0.15) is 5.54 Å². The maximum absolute atomic E-state index is 11.9. The number of nitrogens with zero attached hydrogens (tertiary/aromatic N) is 1. The summed E-state index contributed by atoms with van der Waals surface area (Å²) in [7, 11) is 1.31. The van der Waals surface area contributed by atoms with Gasteiger partial charge >= 0.3 is 5.97 Å². The van der Waals surface area contributed by atoms with Gasteiger partial charge in [0.15, 0.2) is 0 Å². The molecule has 0 aliphatic heterocycles. The van der Waals surface area contributed by atoms with E-state index in [9.17, 15) is 14.9 Å². The molecule has 6 nitrogen and oxygen atoms in total. The van der Waals surface area contributed by atoms with Gasteiger partial charge in [-0.3, -0.25) is 10.1 Å². The van der Waals surface area contributed by atoms with Gasteiger partial charge in [-0.2, -0.15) is 0 Å². The number of nitro benzene ring substituents is 1. The SMILES string of the molecule is CCCC(C)(Nc1ccc([N+](=O)[O-])cc1Cl)C(=O)OC. The minimum Gasteiger partial charge on any atom is -0.467 e. The van der Waals surface area contributed by atoms with Crippen LogP contribution in [-0.4, -0.2) is 23.5 Å². The third-order valence-corrected chi connectivity index (χ3v) is 3.27. The number of carbonyl (C=O) groups excluding carboxylic acids is 1. The van der Waals surface area contributed by atoms with Crippen molar-refractivity contribution in [3.63, 3.8) is 0 Å². The van der Waals surface area contributed by atoms with Crippen LogP contribution in [0.1, 0.15) is 26.7 Å². The Bertz CT molecular complexity index is 521. The lowest BCUT2D eigenvalue weighted by atomic mass is 9.95. The van der Waals surface area contributed by atoms with E-state index in [1.54, 1.807) is 6.92 Å². The number of carbonyl (C=O) groups is 1. The average molecular weight is 301 g/mol. The molecule has 0 spiro atoms. The first-order valence-electron chi connectivity index (χ1n) is 6.14. The van der Waals surface area contributed by atoms with Crippen molar-refractivity contribution in [2.75, 3.05) is 12.4 Å². The highest BCUT2D eigenvalue weighted by Crippen LogP contribution is 2.30. The van der Waals surface area contributed by atoms with Gasteiger partial charge in [-0.15, -0.1) is 0 Å². The summed E-state index contributed by atoms with van der Waals surface area (Å²) in [6, 6.07) is 4.06. The highest BCUT2D eigenvalue weighted by Gasteiger charge is 2.34. The third-order valence-electron chi connectivity index (χ3n) is 2.96. The van der Waals surface area contributed by atoms with Crippen LogP contribution in [0.25, 0.3) is 0 Å². The minimum absolute atomic E-state index is 0.101. The molecule has 0 radical (unpaired) electrons. The molecule has 1 unspecified atom stereocenters. The number of hydrogen-bond donors (Lipinski definition) is 1. The van der Waals surface area contributed by atoms with Crippen LogP contribution >= 0.6 is 11.6 Å². The second-order valence-corrected chi connectivity index (χ2v) is 5.03. The zero-order valence-corrected chi connectivity index (χ0v) is 12.4. The number of esters is 1. The summed E-state index contributed by atoms with van der Waals surface area (Å²) in [5.74, 6) is -0.409. The Morgan fingerprint density at radius 1 is 1.55 bits per heavy atom. The zero-order chi connectivity index (χ0) is 15.3. The number of benzene rings is 1. The molecule has 0 heterocycles. The summed E-state index contributed by atoms with van der Waals surface area (Å²) in [6.45, 7) is 3.65. The molecule has 0 bridgehead atoms. The molecule has 0 aromatic heterocycles. The van der Waals surface area contributed by atoms with Crippen LogP contribution in [0.3, 0.4) is 0 Å². The third kappa shape index (κ3) is 3.60. The molecule has 1 aromatic carbocycles. The van der Waals surface area contributed by atoms with Crippen molar-refractivity contribution < 1.29 is 14.5 Å². The number of methoxy groups -OCH3 is 1. The van der Waals surface area contributed by atoms with E-state index in [4.69, 9.17) is 16.3 Å². The number of rotatable bonds is 6. The van der Waals surface area contributed by atoms with Crippen LogP contribution in [0.2, 0.25) is 5.02 Å². The molecular weight excluding hydrogens is 284 g/mol. The van der Waals surface area contributed by atoms with Crippen molar-refractivity contribution >= 4 is 28.9 Å². The first-order valence-corrected chi connectivity index (χ1v) is 6.52. The Labute approximate surface area is 122 Å². The van der Waals surface area contributed by atoms with Crippen LogP contribution in [0.4, 0.5) is 11.4 Å². The molecule has 0 amide bonds. The summed E-state index contributed by atoms with van der Waals surface area (Å²) in [4.78, 5) is 22.0. The van der Waals surface area contributed by atoms with Crippen LogP contribution < -0.4 is 5.32 Å². The second kappa shape index (κ2) is 6.56. The zero-order valence-electron chi connectivity index (χ0n) is 11.6. The van der Waals surface area contributed by atoms with E-state index in [1.807, 2.05) is 6.92 Å². The molecule has 0 saturated carbocycles. The molecule has 1 N–H and O–H groups in total. The molecule has 7 heteroatoms. The molecule has 1 aromatic rings. The molecule has 110 valence electrons. The highest BCUT2D eigenvalue weighted by molar-refractivity contribution is 6.33. The lowest BCUT2D eigenvalue weighted by Gasteiger charge is -2.29. The van der Waals surface area contributed by atoms with Crippen molar-refractivity contribution in [3.8, 4) is 0 Å². The largest absolute Gasteiger partial charge is 0.467 e. The first-order chi connectivity index (χ1) is 9.34. The fourth-order valence-corrected chi connectivity index (χ4v) is 2.18. The van der Waals surface area contributed by atoms with Crippen molar-refractivity contribution in [2.45, 2.75) is 32.2 Å². The van der Waals surface area contributed by atoms with E-state index >= 15 is 0 Å². The van der Waals surface area contributed by atoms with Crippen LogP contribution in [0.5, 0.6) is 0 Å². The fraction of sp³-hybridized carbons (Fsp3) is 0.462. The normalized spacial score (nSPS) is 13.4. The standard InChI is InChI=1S/C13H17ClN2O4/c1-4-7-13(2,12(17)20-3)15-11-6-5-9(16(18)19)8-10(11)14/h5-6,8,15H,4,7H2,1-3H3. The topological polar surface area (TPSA) is 81.5 Å². The van der Waals surface area contributed by atoms with E-state index < -0.39 is 16.4 Å². The Morgan fingerprint density at radius 2 is 2.20 bits per heavy atom. The van der Waals surface area contributed by atoms with Crippen molar-refractivity contribution in [3.05, 3.63) is 33.3 Å². The number of ether oxygens (including phenoxy) is 1. The van der Waals surface area contributed by atoms with Crippen molar-refractivity contribution in [1.82, 2.24) is 0 Å². The maximum atomic E-state index is 11.9. The molecular formula is C13H17ClN2O4. The van der Waals surface area contributed by atoms with Crippen LogP contribution in [-0.2, 0) is 9.53 Å². The monoisotopic (exact) mass is 300 g/mol.